The van der Waals surface area contributed by atoms with E-state index in [0.29, 0.717) is 132 Å². The van der Waals surface area contributed by atoms with E-state index in [1.54, 1.807) is 0 Å². The van der Waals surface area contributed by atoms with Gasteiger partial charge in [-0.1, -0.05) is 65.2 Å². The average molecular weight is 683 g/mol. The second-order valence-corrected chi connectivity index (χ2v) is 10.9. The highest BCUT2D eigenvalue weighted by molar-refractivity contribution is 5.69. The Morgan fingerprint density at radius 3 is 0.894 bits per heavy atom. The molecule has 0 aromatic carbocycles. The molecular formula is C35H70O12. The minimum absolute atomic E-state index is 0.138. The maximum Gasteiger partial charge on any atom is 0.305 e. The van der Waals surface area contributed by atoms with Gasteiger partial charge < -0.3 is 52.1 Å². The van der Waals surface area contributed by atoms with Crippen molar-refractivity contribution in [2.45, 2.75) is 84.5 Å². The van der Waals surface area contributed by atoms with Crippen molar-refractivity contribution in [1.82, 2.24) is 0 Å². The van der Waals surface area contributed by atoms with E-state index in [1.165, 1.54) is 44.9 Å². The smallest absolute Gasteiger partial charge is 0.305 e. The van der Waals surface area contributed by atoms with Crippen molar-refractivity contribution in [2.75, 3.05) is 139 Å². The lowest BCUT2D eigenvalue weighted by molar-refractivity contribution is -0.145. The number of carbonyl (C=O) groups is 1. The first-order valence-corrected chi connectivity index (χ1v) is 18.2. The van der Waals surface area contributed by atoms with Gasteiger partial charge >= 0.3 is 5.97 Å². The summed E-state index contributed by atoms with van der Waals surface area (Å²) in [5.41, 5.74) is 0. The molecule has 0 heterocycles. The molecule has 282 valence electrons. The molecule has 0 aromatic rings. The average Bonchev–Trinajstić information content (AvgIpc) is 3.08. The summed E-state index contributed by atoms with van der Waals surface area (Å²) >= 11 is 0. The number of unbranched alkanes of at least 4 members (excludes halogenated alkanes) is 8. The first-order valence-electron chi connectivity index (χ1n) is 18.2. The van der Waals surface area contributed by atoms with Crippen molar-refractivity contribution in [3.05, 3.63) is 0 Å². The Balaban J connectivity index is 3.09. The Labute approximate surface area is 286 Å². The van der Waals surface area contributed by atoms with Gasteiger partial charge in [-0.25, -0.2) is 0 Å². The van der Waals surface area contributed by atoms with E-state index in [2.05, 4.69) is 13.8 Å². The summed E-state index contributed by atoms with van der Waals surface area (Å²) in [6.07, 6.45) is 12.4. The van der Waals surface area contributed by atoms with Gasteiger partial charge in [-0.3, -0.25) is 4.79 Å². The van der Waals surface area contributed by atoms with E-state index < -0.39 is 0 Å². The van der Waals surface area contributed by atoms with Crippen molar-refractivity contribution in [3.8, 4) is 0 Å². The molecule has 0 unspecified atom stereocenters. The second-order valence-electron chi connectivity index (χ2n) is 10.9. The Bertz CT molecular complexity index is 585. The van der Waals surface area contributed by atoms with E-state index in [0.717, 1.165) is 25.9 Å². The zero-order valence-corrected chi connectivity index (χ0v) is 30.0. The van der Waals surface area contributed by atoms with Gasteiger partial charge in [0, 0.05) is 13.0 Å². The minimum atomic E-state index is -0.138. The molecule has 0 aliphatic rings. The van der Waals surface area contributed by atoms with Crippen LogP contribution in [0.1, 0.15) is 84.5 Å². The van der Waals surface area contributed by atoms with E-state index in [1.807, 2.05) is 0 Å². The number of esters is 1. The van der Waals surface area contributed by atoms with Crippen LogP contribution in [-0.2, 0) is 56.9 Å². The summed E-state index contributed by atoms with van der Waals surface area (Å²) in [7, 11) is 0. The first-order chi connectivity index (χ1) is 23.3. The van der Waals surface area contributed by atoms with Crippen LogP contribution in [0.2, 0.25) is 0 Å². The molecular weight excluding hydrogens is 612 g/mol. The fourth-order valence-electron chi connectivity index (χ4n) is 4.05. The molecule has 0 spiro atoms. The summed E-state index contributed by atoms with van der Waals surface area (Å²) in [4.78, 5) is 11.7. The monoisotopic (exact) mass is 682 g/mol. The normalized spacial score (nSPS) is 11.4. The Morgan fingerprint density at radius 1 is 0.298 bits per heavy atom. The largest absolute Gasteiger partial charge is 0.463 e. The fraction of sp³-hybridized carbons (Fsp3) is 0.971. The van der Waals surface area contributed by atoms with Crippen LogP contribution in [-0.4, -0.2) is 145 Å². The van der Waals surface area contributed by atoms with E-state index in [-0.39, 0.29) is 12.6 Å². The first kappa shape index (κ1) is 46.1. The molecule has 12 nitrogen and oxygen atoms in total. The zero-order chi connectivity index (χ0) is 34.0. The molecule has 0 radical (unpaired) electrons. The van der Waals surface area contributed by atoms with Gasteiger partial charge in [-0.15, -0.1) is 0 Å². The van der Waals surface area contributed by atoms with Gasteiger partial charge in [0.2, 0.25) is 0 Å². The SMILES string of the molecule is CCCCCCCCCC(=O)OCCOCCOCCOCCOCCOCCOCCOCCOCCOCCOCCCCC. The third-order valence-electron chi connectivity index (χ3n) is 6.72. The number of ether oxygens (including phenoxy) is 11. The van der Waals surface area contributed by atoms with Crippen LogP contribution in [0.15, 0.2) is 0 Å². The quantitative estimate of drug-likeness (QED) is 0.0635. The molecule has 0 aliphatic heterocycles. The van der Waals surface area contributed by atoms with Crippen molar-refractivity contribution in [1.29, 1.82) is 0 Å². The number of rotatable bonds is 42. The number of carbonyl (C=O) groups excluding carboxylic acids is 1. The van der Waals surface area contributed by atoms with Crippen molar-refractivity contribution in [2.24, 2.45) is 0 Å². The van der Waals surface area contributed by atoms with Crippen LogP contribution >= 0.6 is 0 Å². The maximum absolute atomic E-state index is 11.7. The summed E-state index contributed by atoms with van der Waals surface area (Å²) in [5.74, 6) is -0.138. The second kappa shape index (κ2) is 43.1. The molecule has 0 amide bonds. The highest BCUT2D eigenvalue weighted by Crippen LogP contribution is 2.08. The number of hydrogen-bond donors (Lipinski definition) is 0. The fourth-order valence-corrected chi connectivity index (χ4v) is 4.05. The maximum atomic E-state index is 11.7. The summed E-state index contributed by atoms with van der Waals surface area (Å²) in [5, 5.41) is 0. The van der Waals surface area contributed by atoms with Crippen LogP contribution in [0, 0.1) is 0 Å². The third kappa shape index (κ3) is 43.0. The van der Waals surface area contributed by atoms with E-state index >= 15 is 0 Å². The summed E-state index contributed by atoms with van der Waals surface area (Å²) in [6, 6.07) is 0. The van der Waals surface area contributed by atoms with E-state index in [9.17, 15) is 4.79 Å². The van der Waals surface area contributed by atoms with Crippen LogP contribution < -0.4 is 0 Å². The Kier molecular flexibility index (Phi) is 42.2. The third-order valence-corrected chi connectivity index (χ3v) is 6.72. The molecule has 47 heavy (non-hydrogen) atoms. The number of hydrogen-bond acceptors (Lipinski definition) is 12. The molecule has 0 saturated carbocycles. The van der Waals surface area contributed by atoms with Crippen molar-refractivity contribution in [3.63, 3.8) is 0 Å². The van der Waals surface area contributed by atoms with Gasteiger partial charge in [-0.05, 0) is 12.8 Å². The molecule has 0 bridgehead atoms. The lowest BCUT2D eigenvalue weighted by Gasteiger charge is -2.09. The molecule has 0 aliphatic carbocycles. The zero-order valence-electron chi connectivity index (χ0n) is 30.0. The van der Waals surface area contributed by atoms with Gasteiger partial charge in [0.1, 0.15) is 6.61 Å². The van der Waals surface area contributed by atoms with Crippen molar-refractivity contribution >= 4 is 5.97 Å². The van der Waals surface area contributed by atoms with Gasteiger partial charge in [0.25, 0.3) is 0 Å². The van der Waals surface area contributed by atoms with Gasteiger partial charge in [0.05, 0.1) is 126 Å². The van der Waals surface area contributed by atoms with Crippen LogP contribution in [0.25, 0.3) is 0 Å². The molecule has 0 aromatic heterocycles. The Hall–Kier alpha value is -0.930. The van der Waals surface area contributed by atoms with Crippen LogP contribution in [0.3, 0.4) is 0 Å². The Morgan fingerprint density at radius 2 is 0.553 bits per heavy atom. The lowest BCUT2D eigenvalue weighted by atomic mass is 10.1. The molecule has 0 rings (SSSR count). The molecule has 0 N–H and O–H groups in total. The van der Waals surface area contributed by atoms with Gasteiger partial charge in [-0.2, -0.15) is 0 Å². The predicted octanol–water partition coefficient (Wildman–Crippen LogP) is 5.03. The van der Waals surface area contributed by atoms with Crippen LogP contribution in [0.5, 0.6) is 0 Å². The topological polar surface area (TPSA) is 119 Å². The highest BCUT2D eigenvalue weighted by atomic mass is 16.6. The van der Waals surface area contributed by atoms with Crippen LogP contribution in [0.4, 0.5) is 0 Å². The molecule has 0 fully saturated rings. The van der Waals surface area contributed by atoms with Crippen molar-refractivity contribution < 1.29 is 56.9 Å². The highest BCUT2D eigenvalue weighted by Gasteiger charge is 2.03. The van der Waals surface area contributed by atoms with E-state index in [4.69, 9.17) is 52.1 Å². The molecule has 12 heteroatoms. The predicted molar refractivity (Wildman–Crippen MR) is 181 cm³/mol. The van der Waals surface area contributed by atoms with Gasteiger partial charge in [0.15, 0.2) is 0 Å². The summed E-state index contributed by atoms with van der Waals surface area (Å²) in [6.45, 7) is 15.3. The minimum Gasteiger partial charge on any atom is -0.463 e. The molecule has 0 saturated heterocycles. The standard InChI is InChI=1S/C35H70O12/c1-3-5-7-8-9-10-11-13-35(36)47-34-33-46-32-31-45-30-29-44-28-27-43-26-25-42-24-23-41-22-21-40-20-19-39-18-17-38-16-15-37-14-12-6-4-2/h3-34H2,1-2H3. The molecule has 0 atom stereocenters. The lowest BCUT2D eigenvalue weighted by Crippen LogP contribution is -2.15. The summed E-state index contributed by atoms with van der Waals surface area (Å²) < 4.78 is 59.9.